The molecule has 4 saturated carbocycles. The number of hydrogen-bond acceptors (Lipinski definition) is 5. The molecular weight excluding hydrogens is 440 g/mol. The summed E-state index contributed by atoms with van der Waals surface area (Å²) in [6.45, 7) is 16.5. The zero-order valence-electron chi connectivity index (χ0n) is 23.4. The lowest BCUT2D eigenvalue weighted by Gasteiger charge is -2.71. The molecule has 0 aromatic rings. The van der Waals surface area contributed by atoms with E-state index in [0.717, 1.165) is 25.7 Å². The Bertz CT molecular complexity index is 842. The van der Waals surface area contributed by atoms with Crippen molar-refractivity contribution in [1.29, 1.82) is 0 Å². The van der Waals surface area contributed by atoms with Crippen LogP contribution in [0.15, 0.2) is 12.2 Å². The molecule has 202 valence electrons. The molecule has 4 aliphatic rings. The first-order valence-corrected chi connectivity index (χ1v) is 14.0. The highest BCUT2D eigenvalue weighted by atomic mass is 16.3. The van der Waals surface area contributed by atoms with Gasteiger partial charge >= 0.3 is 0 Å². The van der Waals surface area contributed by atoms with Gasteiger partial charge in [-0.3, -0.25) is 0 Å². The molecule has 0 spiro atoms. The minimum atomic E-state index is -0.981. The molecule has 5 N–H and O–H groups in total. The summed E-state index contributed by atoms with van der Waals surface area (Å²) in [5, 5.41) is 56.0. The molecular formula is C30H52O5. The van der Waals surface area contributed by atoms with Gasteiger partial charge < -0.3 is 25.5 Å². The highest BCUT2D eigenvalue weighted by Gasteiger charge is 2.72. The predicted octanol–water partition coefficient (Wildman–Crippen LogP) is 4.44. The second-order valence-electron chi connectivity index (χ2n) is 15.1. The molecule has 0 unspecified atom stereocenters. The Morgan fingerprint density at radius 3 is 2.09 bits per heavy atom. The Morgan fingerprint density at radius 1 is 0.857 bits per heavy atom. The van der Waals surface area contributed by atoms with Gasteiger partial charge in [0, 0.05) is 0 Å². The zero-order chi connectivity index (χ0) is 26.4. The lowest BCUT2D eigenvalue weighted by molar-refractivity contribution is -0.274. The van der Waals surface area contributed by atoms with Gasteiger partial charge in [-0.15, -0.1) is 0 Å². The smallest absolute Gasteiger partial charge is 0.0771 e. The van der Waals surface area contributed by atoms with E-state index in [-0.39, 0.29) is 45.3 Å². The van der Waals surface area contributed by atoms with Crippen LogP contribution in [0.4, 0.5) is 0 Å². The molecule has 35 heavy (non-hydrogen) atoms. The van der Waals surface area contributed by atoms with E-state index in [0.29, 0.717) is 19.3 Å². The fraction of sp³-hybridized carbons (Fsp3) is 0.933. The summed E-state index contributed by atoms with van der Waals surface area (Å²) in [7, 11) is 0. The van der Waals surface area contributed by atoms with Crippen molar-refractivity contribution in [3.8, 4) is 0 Å². The maximum absolute atomic E-state index is 11.8. The fourth-order valence-electron chi connectivity index (χ4n) is 10.4. The summed E-state index contributed by atoms with van der Waals surface area (Å²) in [5.41, 5.74) is -2.78. The summed E-state index contributed by atoms with van der Waals surface area (Å²) in [5.74, 6) is 0.171. The maximum Gasteiger partial charge on any atom is 0.0771 e. The highest BCUT2D eigenvalue weighted by Crippen LogP contribution is 2.75. The van der Waals surface area contributed by atoms with Crippen molar-refractivity contribution in [2.75, 3.05) is 0 Å². The molecule has 0 amide bonds. The molecule has 0 aromatic heterocycles. The van der Waals surface area contributed by atoms with E-state index < -0.39 is 29.5 Å². The Hall–Kier alpha value is -0.460. The van der Waals surface area contributed by atoms with Crippen molar-refractivity contribution < 1.29 is 25.5 Å². The van der Waals surface area contributed by atoms with Crippen LogP contribution in [0.1, 0.15) is 100 Å². The molecule has 11 atom stereocenters. The average molecular weight is 493 g/mol. The van der Waals surface area contributed by atoms with E-state index in [9.17, 15) is 25.5 Å². The quantitative estimate of drug-likeness (QED) is 0.374. The normalized spacial score (nSPS) is 51.4. The Balaban J connectivity index is 1.69. The lowest BCUT2D eigenvalue weighted by Crippen LogP contribution is -2.69. The minimum Gasteiger partial charge on any atom is -0.393 e. The van der Waals surface area contributed by atoms with Crippen LogP contribution in [0.2, 0.25) is 0 Å². The van der Waals surface area contributed by atoms with Crippen molar-refractivity contribution in [2.24, 2.45) is 45.3 Å². The number of fused-ring (bicyclic) bond motifs is 5. The van der Waals surface area contributed by atoms with Gasteiger partial charge in [-0.2, -0.15) is 0 Å². The number of hydrogen-bond donors (Lipinski definition) is 5. The van der Waals surface area contributed by atoms with Crippen LogP contribution in [0.25, 0.3) is 0 Å². The number of rotatable bonds is 4. The molecule has 5 nitrogen and oxygen atoms in total. The monoisotopic (exact) mass is 492 g/mol. The number of aliphatic hydroxyl groups excluding tert-OH is 3. The van der Waals surface area contributed by atoms with E-state index in [1.807, 2.05) is 13.0 Å². The largest absolute Gasteiger partial charge is 0.393 e. The molecule has 5 heteroatoms. The Kier molecular flexibility index (Phi) is 6.51. The molecule has 4 rings (SSSR count). The van der Waals surface area contributed by atoms with E-state index >= 15 is 0 Å². The summed E-state index contributed by atoms with van der Waals surface area (Å²) in [6, 6.07) is 0. The highest BCUT2D eigenvalue weighted by molar-refractivity contribution is 5.21. The third-order valence-corrected chi connectivity index (χ3v) is 12.1. The SMILES string of the molecule is CC(C)(O)/C=C/C[C@](C)(O)[C@H]1CC[C@]2(C)[C@@H]1[C@H](O)C[C@@H]1[C@@]3(C)CC[C@H](O)C(C)(C)[C@@H]3[C@@H](O)C[C@]12C. The topological polar surface area (TPSA) is 101 Å². The summed E-state index contributed by atoms with van der Waals surface area (Å²) < 4.78 is 0. The zero-order valence-corrected chi connectivity index (χ0v) is 23.4. The van der Waals surface area contributed by atoms with Crippen molar-refractivity contribution in [1.82, 2.24) is 0 Å². The molecule has 0 saturated heterocycles. The molecule has 4 fully saturated rings. The molecule has 0 aliphatic heterocycles. The fourth-order valence-corrected chi connectivity index (χ4v) is 10.4. The summed E-state index contributed by atoms with van der Waals surface area (Å²) in [4.78, 5) is 0. The van der Waals surface area contributed by atoms with E-state index in [1.165, 1.54) is 0 Å². The van der Waals surface area contributed by atoms with Crippen LogP contribution in [0.3, 0.4) is 0 Å². The van der Waals surface area contributed by atoms with Gasteiger partial charge in [0.15, 0.2) is 0 Å². The van der Waals surface area contributed by atoms with Crippen molar-refractivity contribution in [2.45, 2.75) is 130 Å². The standard InChI is InChI=1S/C30H52O5/c1-25(2,34)12-9-13-30(8,35)18-10-15-28(6)23(18)19(31)16-21-27(5)14-11-22(33)26(3,4)24(27)20(32)17-29(21,28)7/h9,12,18-24,31-35H,10-11,13-17H2,1-8H3/b12-9+/t18-,19+,20-,21+,22-,23-,24-,27+,28+,29+,30-/m0/s1. The molecule has 0 aromatic carbocycles. The van der Waals surface area contributed by atoms with Crippen molar-refractivity contribution >= 4 is 0 Å². The van der Waals surface area contributed by atoms with Crippen LogP contribution < -0.4 is 0 Å². The van der Waals surface area contributed by atoms with Crippen LogP contribution in [0, 0.1) is 45.3 Å². The minimum absolute atomic E-state index is 0.00328. The van der Waals surface area contributed by atoms with Gasteiger partial charge in [0.1, 0.15) is 0 Å². The van der Waals surface area contributed by atoms with E-state index in [2.05, 4.69) is 34.6 Å². The van der Waals surface area contributed by atoms with Crippen molar-refractivity contribution in [3.63, 3.8) is 0 Å². The second kappa shape index (κ2) is 8.27. The average Bonchev–Trinajstić information content (AvgIpc) is 3.07. The first-order chi connectivity index (χ1) is 15.8. The third-order valence-electron chi connectivity index (χ3n) is 12.1. The van der Waals surface area contributed by atoms with E-state index in [1.54, 1.807) is 19.9 Å². The van der Waals surface area contributed by atoms with Gasteiger partial charge in [0.25, 0.3) is 0 Å². The van der Waals surface area contributed by atoms with Gasteiger partial charge in [-0.05, 0) is 111 Å². The van der Waals surface area contributed by atoms with Gasteiger partial charge in [-0.25, -0.2) is 0 Å². The molecule has 0 bridgehead atoms. The lowest BCUT2D eigenvalue weighted by atomic mass is 9.34. The first-order valence-electron chi connectivity index (χ1n) is 14.0. The van der Waals surface area contributed by atoms with Crippen LogP contribution in [0.5, 0.6) is 0 Å². The molecule has 4 aliphatic carbocycles. The first kappa shape index (κ1) is 27.6. The Labute approximate surface area is 213 Å². The van der Waals surface area contributed by atoms with Gasteiger partial charge in [0.2, 0.25) is 0 Å². The molecule has 0 heterocycles. The second-order valence-corrected chi connectivity index (χ2v) is 15.1. The van der Waals surface area contributed by atoms with E-state index in [4.69, 9.17) is 0 Å². The number of aliphatic hydroxyl groups is 5. The van der Waals surface area contributed by atoms with Crippen molar-refractivity contribution in [3.05, 3.63) is 12.2 Å². The Morgan fingerprint density at radius 2 is 1.49 bits per heavy atom. The van der Waals surface area contributed by atoms with Gasteiger partial charge in [0.05, 0.1) is 29.5 Å². The van der Waals surface area contributed by atoms with Crippen LogP contribution in [-0.2, 0) is 0 Å². The summed E-state index contributed by atoms with van der Waals surface area (Å²) >= 11 is 0. The predicted molar refractivity (Wildman–Crippen MR) is 138 cm³/mol. The third kappa shape index (κ3) is 3.98. The van der Waals surface area contributed by atoms with Crippen LogP contribution in [-0.4, -0.2) is 55.0 Å². The maximum atomic E-state index is 11.8. The van der Waals surface area contributed by atoms with Gasteiger partial charge in [-0.1, -0.05) is 46.8 Å². The summed E-state index contributed by atoms with van der Waals surface area (Å²) in [6.07, 6.45) is 7.40. The molecule has 0 radical (unpaired) electrons. The van der Waals surface area contributed by atoms with Crippen LogP contribution >= 0.6 is 0 Å².